The zero-order chi connectivity index (χ0) is 19.1. The number of ether oxygens (including phenoxy) is 2. The molecular weight excluding hydrogens is 348 g/mol. The molecule has 8 heteroatoms. The standard InChI is InChI=1S/C19H22N4O4/c1-2-26-18(25)13-5-7-14(8-6-13)22-17(24)16-9-10-20-19(23-16)21-12-15-4-3-11-27-15/h5-10,15H,2-4,11-12H2,1H3,(H,22,24)(H,20,21,23). The van der Waals surface area contributed by atoms with Gasteiger partial charge in [0, 0.05) is 25.0 Å². The van der Waals surface area contributed by atoms with Gasteiger partial charge in [-0.25, -0.2) is 14.8 Å². The normalized spacial score (nSPS) is 16.0. The third-order valence-corrected chi connectivity index (χ3v) is 4.05. The number of carbonyl (C=O) groups excluding carboxylic acids is 2. The highest BCUT2D eigenvalue weighted by Crippen LogP contribution is 2.14. The lowest BCUT2D eigenvalue weighted by atomic mass is 10.2. The van der Waals surface area contributed by atoms with Gasteiger partial charge in [-0.1, -0.05) is 0 Å². The molecule has 3 rings (SSSR count). The maximum absolute atomic E-state index is 12.4. The van der Waals surface area contributed by atoms with Crippen LogP contribution in [0.4, 0.5) is 11.6 Å². The van der Waals surface area contributed by atoms with E-state index in [0.29, 0.717) is 30.4 Å². The molecular formula is C19H22N4O4. The van der Waals surface area contributed by atoms with Crippen LogP contribution in [0.1, 0.15) is 40.6 Å². The van der Waals surface area contributed by atoms with Crippen LogP contribution in [-0.4, -0.2) is 47.7 Å². The average Bonchev–Trinajstić information content (AvgIpc) is 3.21. The molecule has 142 valence electrons. The van der Waals surface area contributed by atoms with Gasteiger partial charge in [0.05, 0.1) is 18.3 Å². The molecule has 2 N–H and O–H groups in total. The number of anilines is 2. The van der Waals surface area contributed by atoms with Gasteiger partial charge in [0.15, 0.2) is 0 Å². The van der Waals surface area contributed by atoms with Crippen LogP contribution in [0, 0.1) is 0 Å². The molecule has 1 unspecified atom stereocenters. The molecule has 1 aromatic carbocycles. The van der Waals surface area contributed by atoms with E-state index in [1.165, 1.54) is 6.20 Å². The second-order valence-corrected chi connectivity index (χ2v) is 6.03. The van der Waals surface area contributed by atoms with Crippen LogP contribution in [0.25, 0.3) is 0 Å². The Balaban J connectivity index is 1.58. The number of rotatable bonds is 7. The van der Waals surface area contributed by atoms with Crippen LogP contribution < -0.4 is 10.6 Å². The Kier molecular flexibility index (Phi) is 6.32. The molecule has 1 amide bonds. The van der Waals surface area contributed by atoms with Gasteiger partial charge in [0.25, 0.3) is 5.91 Å². The van der Waals surface area contributed by atoms with E-state index < -0.39 is 5.97 Å². The highest BCUT2D eigenvalue weighted by Gasteiger charge is 2.16. The number of nitrogens with zero attached hydrogens (tertiary/aromatic N) is 2. The summed E-state index contributed by atoms with van der Waals surface area (Å²) >= 11 is 0. The van der Waals surface area contributed by atoms with Crippen LogP contribution in [0.15, 0.2) is 36.5 Å². The Morgan fingerprint density at radius 3 is 2.78 bits per heavy atom. The van der Waals surface area contributed by atoms with Crippen molar-refractivity contribution in [2.45, 2.75) is 25.9 Å². The monoisotopic (exact) mass is 370 g/mol. The van der Waals surface area contributed by atoms with Crippen molar-refractivity contribution < 1.29 is 19.1 Å². The highest BCUT2D eigenvalue weighted by molar-refractivity contribution is 6.03. The van der Waals surface area contributed by atoms with Crippen molar-refractivity contribution in [1.29, 1.82) is 0 Å². The molecule has 0 aliphatic carbocycles. The Labute approximate surface area is 157 Å². The fourth-order valence-electron chi connectivity index (χ4n) is 2.68. The summed E-state index contributed by atoms with van der Waals surface area (Å²) in [6.07, 6.45) is 3.76. The predicted octanol–water partition coefficient (Wildman–Crippen LogP) is 2.50. The number of hydrogen-bond donors (Lipinski definition) is 2. The largest absolute Gasteiger partial charge is 0.462 e. The number of aromatic nitrogens is 2. The van der Waals surface area contributed by atoms with E-state index in [2.05, 4.69) is 20.6 Å². The summed E-state index contributed by atoms with van der Waals surface area (Å²) in [6, 6.07) is 8.02. The van der Waals surface area contributed by atoms with Gasteiger partial charge in [-0.3, -0.25) is 4.79 Å². The molecule has 2 heterocycles. The molecule has 1 aliphatic heterocycles. The van der Waals surface area contributed by atoms with Gasteiger partial charge >= 0.3 is 5.97 Å². The summed E-state index contributed by atoms with van der Waals surface area (Å²) < 4.78 is 10.5. The van der Waals surface area contributed by atoms with Crippen molar-refractivity contribution in [3.63, 3.8) is 0 Å². The summed E-state index contributed by atoms with van der Waals surface area (Å²) in [5, 5.41) is 5.85. The maximum Gasteiger partial charge on any atom is 0.338 e. The van der Waals surface area contributed by atoms with Crippen molar-refractivity contribution >= 4 is 23.5 Å². The topological polar surface area (TPSA) is 102 Å². The Morgan fingerprint density at radius 1 is 1.26 bits per heavy atom. The molecule has 0 bridgehead atoms. The van der Waals surface area contributed by atoms with Gasteiger partial charge < -0.3 is 20.1 Å². The summed E-state index contributed by atoms with van der Waals surface area (Å²) in [6.45, 7) is 3.46. The zero-order valence-electron chi connectivity index (χ0n) is 15.1. The fourth-order valence-corrected chi connectivity index (χ4v) is 2.68. The SMILES string of the molecule is CCOC(=O)c1ccc(NC(=O)c2ccnc(NCC3CCCO3)n2)cc1. The number of nitrogens with one attached hydrogen (secondary N) is 2. The lowest BCUT2D eigenvalue weighted by Gasteiger charge is -2.11. The van der Waals surface area contributed by atoms with Crippen molar-refractivity contribution in [1.82, 2.24) is 9.97 Å². The predicted molar refractivity (Wildman–Crippen MR) is 99.8 cm³/mol. The number of benzene rings is 1. The van der Waals surface area contributed by atoms with Crippen LogP contribution in [0.5, 0.6) is 0 Å². The van der Waals surface area contributed by atoms with Crippen molar-refractivity contribution in [3.8, 4) is 0 Å². The molecule has 27 heavy (non-hydrogen) atoms. The molecule has 0 spiro atoms. The van der Waals surface area contributed by atoms with Gasteiger partial charge in [0.1, 0.15) is 5.69 Å². The molecule has 0 radical (unpaired) electrons. The van der Waals surface area contributed by atoms with E-state index >= 15 is 0 Å². The van der Waals surface area contributed by atoms with Crippen LogP contribution in [-0.2, 0) is 9.47 Å². The van der Waals surface area contributed by atoms with Crippen LogP contribution >= 0.6 is 0 Å². The summed E-state index contributed by atoms with van der Waals surface area (Å²) in [5.74, 6) is -0.370. The Hall–Kier alpha value is -3.00. The molecule has 1 aliphatic rings. The first-order valence-corrected chi connectivity index (χ1v) is 8.92. The minimum absolute atomic E-state index is 0.156. The Morgan fingerprint density at radius 2 is 2.07 bits per heavy atom. The Bertz CT molecular complexity index is 789. The molecule has 2 aromatic rings. The van der Waals surface area contributed by atoms with Gasteiger partial charge in [-0.2, -0.15) is 0 Å². The number of amides is 1. The molecule has 1 fully saturated rings. The van der Waals surface area contributed by atoms with E-state index in [4.69, 9.17) is 9.47 Å². The first-order valence-electron chi connectivity index (χ1n) is 8.92. The number of esters is 1. The minimum atomic E-state index is -0.395. The van der Waals surface area contributed by atoms with Gasteiger partial charge in [0.2, 0.25) is 5.95 Å². The highest BCUT2D eigenvalue weighted by atomic mass is 16.5. The van der Waals surface area contributed by atoms with E-state index in [9.17, 15) is 9.59 Å². The smallest absolute Gasteiger partial charge is 0.338 e. The van der Waals surface area contributed by atoms with E-state index in [1.807, 2.05) is 0 Å². The third-order valence-electron chi connectivity index (χ3n) is 4.05. The number of carbonyl (C=O) groups is 2. The molecule has 1 saturated heterocycles. The summed E-state index contributed by atoms with van der Waals surface area (Å²) in [4.78, 5) is 32.4. The van der Waals surface area contributed by atoms with Crippen LogP contribution in [0.2, 0.25) is 0 Å². The first kappa shape index (κ1) is 18.8. The summed E-state index contributed by atoms with van der Waals surface area (Å²) in [7, 11) is 0. The van der Waals surface area contributed by atoms with Crippen LogP contribution in [0.3, 0.4) is 0 Å². The van der Waals surface area contributed by atoms with Gasteiger partial charge in [-0.05, 0) is 50.1 Å². The summed E-state index contributed by atoms with van der Waals surface area (Å²) in [5.41, 5.74) is 1.23. The zero-order valence-corrected chi connectivity index (χ0v) is 15.1. The van der Waals surface area contributed by atoms with Crippen molar-refractivity contribution in [2.24, 2.45) is 0 Å². The lowest BCUT2D eigenvalue weighted by Crippen LogP contribution is -2.21. The van der Waals surface area contributed by atoms with E-state index in [1.54, 1.807) is 37.3 Å². The second kappa shape index (κ2) is 9.09. The first-order chi connectivity index (χ1) is 13.2. The lowest BCUT2D eigenvalue weighted by molar-refractivity contribution is 0.0526. The molecule has 1 aromatic heterocycles. The van der Waals surface area contributed by atoms with E-state index in [0.717, 1.165) is 19.4 Å². The quantitative estimate of drug-likeness (QED) is 0.722. The molecule has 0 saturated carbocycles. The van der Waals surface area contributed by atoms with Gasteiger partial charge in [-0.15, -0.1) is 0 Å². The fraction of sp³-hybridized carbons (Fsp3) is 0.368. The van der Waals surface area contributed by atoms with Crippen molar-refractivity contribution in [3.05, 3.63) is 47.8 Å². The molecule has 1 atom stereocenters. The van der Waals surface area contributed by atoms with E-state index in [-0.39, 0.29) is 17.7 Å². The average molecular weight is 370 g/mol. The maximum atomic E-state index is 12.4. The minimum Gasteiger partial charge on any atom is -0.462 e. The number of hydrogen-bond acceptors (Lipinski definition) is 7. The third kappa shape index (κ3) is 5.24. The van der Waals surface area contributed by atoms with Crippen molar-refractivity contribution in [2.75, 3.05) is 30.4 Å². The molecule has 8 nitrogen and oxygen atoms in total. The second-order valence-electron chi connectivity index (χ2n) is 6.03.